The van der Waals surface area contributed by atoms with Crippen molar-refractivity contribution in [3.05, 3.63) is 47.5 Å². The molecular formula is C12H16ClN3. The van der Waals surface area contributed by atoms with E-state index in [-0.39, 0.29) is 0 Å². The van der Waals surface area contributed by atoms with Gasteiger partial charge in [0.05, 0.1) is 0 Å². The second kappa shape index (κ2) is 6.90. The average Bonchev–Trinajstić information content (AvgIpc) is 2.31. The Bertz CT molecular complexity index is 374. The van der Waals surface area contributed by atoms with Crippen molar-refractivity contribution in [2.75, 3.05) is 13.6 Å². The molecule has 1 rings (SSSR count). The summed E-state index contributed by atoms with van der Waals surface area (Å²) in [7, 11) is 1.73. The lowest BCUT2D eigenvalue weighted by atomic mass is 10.2. The molecule has 0 saturated heterocycles. The fourth-order valence-electron chi connectivity index (χ4n) is 1.21. The predicted molar refractivity (Wildman–Crippen MR) is 69.9 cm³/mol. The van der Waals surface area contributed by atoms with Crippen LogP contribution in [0.3, 0.4) is 0 Å². The summed E-state index contributed by atoms with van der Waals surface area (Å²) in [4.78, 5) is 4.07. The number of halogens is 1. The maximum absolute atomic E-state index is 6.04. The number of hydrogen-bond donors (Lipinski definition) is 2. The van der Waals surface area contributed by atoms with Crippen LogP contribution in [-0.2, 0) is 6.54 Å². The van der Waals surface area contributed by atoms with Crippen LogP contribution in [0.25, 0.3) is 0 Å². The van der Waals surface area contributed by atoms with Crippen molar-refractivity contribution >= 4 is 17.6 Å². The van der Waals surface area contributed by atoms with Crippen LogP contribution in [0.15, 0.2) is 41.9 Å². The smallest absolute Gasteiger partial charge is 0.191 e. The summed E-state index contributed by atoms with van der Waals surface area (Å²) >= 11 is 6.04. The molecule has 0 bridgehead atoms. The van der Waals surface area contributed by atoms with Gasteiger partial charge in [0.2, 0.25) is 0 Å². The van der Waals surface area contributed by atoms with Crippen molar-refractivity contribution in [3.8, 4) is 0 Å². The van der Waals surface area contributed by atoms with Gasteiger partial charge in [0.15, 0.2) is 5.96 Å². The largest absolute Gasteiger partial charge is 0.353 e. The number of nitrogens with one attached hydrogen (secondary N) is 2. The van der Waals surface area contributed by atoms with E-state index in [1.54, 1.807) is 13.1 Å². The third-order valence-corrected chi connectivity index (χ3v) is 2.41. The van der Waals surface area contributed by atoms with Crippen molar-refractivity contribution in [2.45, 2.75) is 6.54 Å². The minimum atomic E-state index is 0.649. The lowest BCUT2D eigenvalue weighted by molar-refractivity contribution is 0.847. The number of rotatable bonds is 4. The van der Waals surface area contributed by atoms with Gasteiger partial charge in [-0.2, -0.15) is 0 Å². The van der Waals surface area contributed by atoms with E-state index in [4.69, 9.17) is 11.6 Å². The van der Waals surface area contributed by atoms with Gasteiger partial charge in [0.1, 0.15) is 0 Å². The van der Waals surface area contributed by atoms with E-state index in [9.17, 15) is 0 Å². The third-order valence-electron chi connectivity index (χ3n) is 2.04. The molecule has 0 heterocycles. The minimum absolute atomic E-state index is 0.649. The zero-order valence-electron chi connectivity index (χ0n) is 9.33. The SMILES string of the molecule is C=CCNC(=NC)NCc1ccccc1Cl. The first-order valence-electron chi connectivity index (χ1n) is 5.06. The number of aliphatic imine (C=N–C) groups is 1. The summed E-state index contributed by atoms with van der Waals surface area (Å²) in [5.41, 5.74) is 1.05. The standard InChI is InChI=1S/C12H16ClN3/c1-3-8-15-12(14-2)16-9-10-6-4-5-7-11(10)13/h3-7H,1,8-9H2,2H3,(H2,14,15,16). The van der Waals surface area contributed by atoms with Crippen LogP contribution in [0.2, 0.25) is 5.02 Å². The molecule has 0 aliphatic carbocycles. The van der Waals surface area contributed by atoms with Gasteiger partial charge in [0, 0.05) is 25.2 Å². The molecule has 86 valence electrons. The van der Waals surface area contributed by atoms with Crippen LogP contribution in [0.4, 0.5) is 0 Å². The molecule has 0 aromatic heterocycles. The van der Waals surface area contributed by atoms with Crippen LogP contribution in [0.1, 0.15) is 5.56 Å². The summed E-state index contributed by atoms with van der Waals surface area (Å²) in [5, 5.41) is 7.01. The summed E-state index contributed by atoms with van der Waals surface area (Å²) in [6, 6.07) is 7.73. The molecule has 0 saturated carbocycles. The van der Waals surface area contributed by atoms with Gasteiger partial charge in [-0.3, -0.25) is 4.99 Å². The maximum Gasteiger partial charge on any atom is 0.191 e. The van der Waals surface area contributed by atoms with Gasteiger partial charge in [-0.1, -0.05) is 35.9 Å². The van der Waals surface area contributed by atoms with Crippen LogP contribution in [-0.4, -0.2) is 19.6 Å². The molecular weight excluding hydrogens is 222 g/mol. The monoisotopic (exact) mass is 237 g/mol. The van der Waals surface area contributed by atoms with Gasteiger partial charge in [-0.15, -0.1) is 6.58 Å². The topological polar surface area (TPSA) is 36.4 Å². The molecule has 16 heavy (non-hydrogen) atoms. The van der Waals surface area contributed by atoms with Gasteiger partial charge in [-0.05, 0) is 11.6 Å². The second-order valence-electron chi connectivity index (χ2n) is 3.19. The number of guanidine groups is 1. The number of nitrogens with zero attached hydrogens (tertiary/aromatic N) is 1. The highest BCUT2D eigenvalue weighted by Gasteiger charge is 2.00. The van der Waals surface area contributed by atoms with Gasteiger partial charge in [0.25, 0.3) is 0 Å². The molecule has 2 N–H and O–H groups in total. The molecule has 0 atom stereocenters. The van der Waals surface area contributed by atoms with Crippen LogP contribution < -0.4 is 10.6 Å². The highest BCUT2D eigenvalue weighted by atomic mass is 35.5. The van der Waals surface area contributed by atoms with E-state index >= 15 is 0 Å². The fourth-order valence-corrected chi connectivity index (χ4v) is 1.41. The minimum Gasteiger partial charge on any atom is -0.353 e. The molecule has 1 aromatic carbocycles. The average molecular weight is 238 g/mol. The van der Waals surface area contributed by atoms with E-state index in [0.717, 1.165) is 16.5 Å². The molecule has 0 spiro atoms. The lowest BCUT2D eigenvalue weighted by Crippen LogP contribution is -2.36. The lowest BCUT2D eigenvalue weighted by Gasteiger charge is -2.11. The first kappa shape index (κ1) is 12.6. The van der Waals surface area contributed by atoms with Gasteiger partial charge in [-0.25, -0.2) is 0 Å². The fraction of sp³-hybridized carbons (Fsp3) is 0.250. The van der Waals surface area contributed by atoms with Crippen molar-refractivity contribution in [3.63, 3.8) is 0 Å². The van der Waals surface area contributed by atoms with E-state index < -0.39 is 0 Å². The summed E-state index contributed by atoms with van der Waals surface area (Å²) in [5.74, 6) is 0.736. The Balaban J connectivity index is 2.50. The summed E-state index contributed by atoms with van der Waals surface area (Å²) in [6.07, 6.45) is 1.78. The molecule has 4 heteroatoms. The second-order valence-corrected chi connectivity index (χ2v) is 3.59. The molecule has 0 unspecified atom stereocenters. The third kappa shape index (κ3) is 3.95. The molecule has 0 aliphatic rings. The van der Waals surface area contributed by atoms with Crippen molar-refractivity contribution in [2.24, 2.45) is 4.99 Å². The highest BCUT2D eigenvalue weighted by Crippen LogP contribution is 2.13. The number of hydrogen-bond acceptors (Lipinski definition) is 1. The molecule has 3 nitrogen and oxygen atoms in total. The predicted octanol–water partition coefficient (Wildman–Crippen LogP) is 2.19. The van der Waals surface area contributed by atoms with Gasteiger partial charge >= 0.3 is 0 Å². The van der Waals surface area contributed by atoms with Crippen LogP contribution in [0.5, 0.6) is 0 Å². The van der Waals surface area contributed by atoms with E-state index in [0.29, 0.717) is 13.1 Å². The maximum atomic E-state index is 6.04. The van der Waals surface area contributed by atoms with Gasteiger partial charge < -0.3 is 10.6 Å². The Labute approximate surface area is 101 Å². The Kier molecular flexibility index (Phi) is 5.43. The van der Waals surface area contributed by atoms with E-state index in [1.165, 1.54) is 0 Å². The van der Waals surface area contributed by atoms with E-state index in [1.807, 2.05) is 24.3 Å². The zero-order valence-corrected chi connectivity index (χ0v) is 10.1. The molecule has 0 radical (unpaired) electrons. The van der Waals surface area contributed by atoms with Crippen molar-refractivity contribution in [1.82, 2.24) is 10.6 Å². The normalized spacial score (nSPS) is 11.0. The first-order valence-corrected chi connectivity index (χ1v) is 5.44. The Morgan fingerprint density at radius 2 is 2.19 bits per heavy atom. The zero-order chi connectivity index (χ0) is 11.8. The van der Waals surface area contributed by atoms with E-state index in [2.05, 4.69) is 22.2 Å². The molecule has 0 fully saturated rings. The van der Waals surface area contributed by atoms with Crippen molar-refractivity contribution < 1.29 is 0 Å². The Morgan fingerprint density at radius 3 is 2.81 bits per heavy atom. The first-order chi connectivity index (χ1) is 7.77. The summed E-state index contributed by atoms with van der Waals surface area (Å²) in [6.45, 7) is 4.96. The molecule has 0 amide bonds. The highest BCUT2D eigenvalue weighted by molar-refractivity contribution is 6.31. The molecule has 1 aromatic rings. The Morgan fingerprint density at radius 1 is 1.44 bits per heavy atom. The quantitative estimate of drug-likeness (QED) is 0.479. The Hall–Kier alpha value is -1.48. The summed E-state index contributed by atoms with van der Waals surface area (Å²) < 4.78 is 0. The molecule has 0 aliphatic heterocycles. The van der Waals surface area contributed by atoms with Crippen molar-refractivity contribution in [1.29, 1.82) is 0 Å². The van der Waals surface area contributed by atoms with Crippen LogP contribution >= 0.6 is 11.6 Å². The number of benzene rings is 1. The van der Waals surface area contributed by atoms with Crippen LogP contribution in [0, 0.1) is 0 Å².